The van der Waals surface area contributed by atoms with Crippen molar-refractivity contribution >= 4 is 11.9 Å². The Bertz CT molecular complexity index is 1400. The molecule has 0 saturated carbocycles. The van der Waals surface area contributed by atoms with Crippen LogP contribution in [0.15, 0.2) is 48.6 Å². The van der Waals surface area contributed by atoms with Crippen LogP contribution in [0.1, 0.15) is 290 Å². The number of nitrogens with one attached hydrogen (secondary N) is 1. The number of unbranched alkanes of at least 4 members (excludes halogenated alkanes) is 35. The number of carbonyl (C=O) groups is 2. The van der Waals surface area contributed by atoms with Gasteiger partial charge in [0, 0.05) is 12.8 Å². The molecule has 0 radical (unpaired) electrons. The Morgan fingerprint density at radius 1 is 0.487 bits per heavy atom. The van der Waals surface area contributed by atoms with Crippen LogP contribution in [0.3, 0.4) is 0 Å². The van der Waals surface area contributed by atoms with Crippen LogP contribution >= 0.6 is 0 Å². The first kappa shape index (κ1) is 71.6. The van der Waals surface area contributed by atoms with Gasteiger partial charge < -0.3 is 45.1 Å². The maximum absolute atomic E-state index is 13.0. The molecule has 1 saturated heterocycles. The minimum atomic E-state index is -1.57. The second kappa shape index (κ2) is 54.6. The van der Waals surface area contributed by atoms with Gasteiger partial charge in [-0.1, -0.05) is 242 Å². The van der Waals surface area contributed by atoms with E-state index in [2.05, 4.69) is 55.6 Å². The van der Waals surface area contributed by atoms with E-state index in [1.165, 1.54) is 199 Å². The summed E-state index contributed by atoms with van der Waals surface area (Å²) in [6, 6.07) is -0.811. The lowest BCUT2D eigenvalue weighted by molar-refractivity contribution is -0.302. The topological polar surface area (TPSA) is 175 Å². The van der Waals surface area contributed by atoms with Gasteiger partial charge in [-0.05, 0) is 83.5 Å². The molecule has 0 aromatic rings. The summed E-state index contributed by atoms with van der Waals surface area (Å²) < 4.78 is 16.7. The van der Waals surface area contributed by atoms with E-state index < -0.39 is 49.5 Å². The summed E-state index contributed by atoms with van der Waals surface area (Å²) in [5.74, 6) is -0.199. The first-order valence-electron chi connectivity index (χ1n) is 31.9. The predicted octanol–water partition coefficient (Wildman–Crippen LogP) is 15.2. The van der Waals surface area contributed by atoms with E-state index in [1.807, 2.05) is 6.08 Å². The van der Waals surface area contributed by atoms with Crippen LogP contribution in [0.4, 0.5) is 0 Å². The van der Waals surface area contributed by atoms with Crippen molar-refractivity contribution in [1.29, 1.82) is 0 Å². The molecule has 1 fully saturated rings. The lowest BCUT2D eigenvalue weighted by Crippen LogP contribution is -2.60. The summed E-state index contributed by atoms with van der Waals surface area (Å²) >= 11 is 0. The third-order valence-electron chi connectivity index (χ3n) is 14.9. The highest BCUT2D eigenvalue weighted by Crippen LogP contribution is 2.23. The molecule has 1 aliphatic heterocycles. The Morgan fingerprint density at radius 3 is 1.38 bits per heavy atom. The minimum absolute atomic E-state index is 0.0122. The van der Waals surface area contributed by atoms with E-state index in [9.17, 15) is 35.1 Å². The summed E-state index contributed by atoms with van der Waals surface area (Å²) in [5.41, 5.74) is 0. The average Bonchev–Trinajstić information content (AvgIpc) is 3.42. The molecule has 1 rings (SSSR count). The maximum Gasteiger partial charge on any atom is 0.305 e. The Hall–Kier alpha value is -2.38. The molecule has 1 heterocycles. The van der Waals surface area contributed by atoms with Gasteiger partial charge in [0.2, 0.25) is 5.91 Å². The SMILES string of the molecule is CCCC/C=C\C/C=C\CCCCCCCC(=O)OCCCCCCCCCCCCCC/C=C\CCCCCCCCCCCC(=O)NC(COC1OC(CO)C(O)C(O)C1O)C(O)/C=C/CCCCCCCCC. The molecule has 7 unspecified atom stereocenters. The van der Waals surface area contributed by atoms with E-state index in [-0.39, 0.29) is 18.5 Å². The van der Waals surface area contributed by atoms with Crippen LogP contribution in [0.5, 0.6) is 0 Å². The van der Waals surface area contributed by atoms with Gasteiger partial charge >= 0.3 is 5.97 Å². The quantitative estimate of drug-likeness (QED) is 0.0195. The number of rotatable bonds is 55. The van der Waals surface area contributed by atoms with Crippen LogP contribution in [-0.2, 0) is 23.8 Å². The highest BCUT2D eigenvalue weighted by atomic mass is 16.7. The normalized spacial score (nSPS) is 19.0. The number of hydrogen-bond acceptors (Lipinski definition) is 10. The van der Waals surface area contributed by atoms with Crippen LogP contribution in [0.25, 0.3) is 0 Å². The second-order valence-electron chi connectivity index (χ2n) is 22.1. The summed E-state index contributed by atoms with van der Waals surface area (Å²) in [6.07, 6.45) is 59.5. The smallest absolute Gasteiger partial charge is 0.305 e. The third kappa shape index (κ3) is 43.5. The number of allylic oxidation sites excluding steroid dienone is 7. The number of esters is 1. The first-order valence-corrected chi connectivity index (χ1v) is 31.9. The molecular weight excluding hydrogens is 955 g/mol. The van der Waals surface area contributed by atoms with Crippen molar-refractivity contribution in [3.63, 3.8) is 0 Å². The fraction of sp³-hybridized carbons (Fsp3) is 0.846. The molecule has 76 heavy (non-hydrogen) atoms. The fourth-order valence-corrected chi connectivity index (χ4v) is 9.80. The Balaban J connectivity index is 1.97. The highest BCUT2D eigenvalue weighted by molar-refractivity contribution is 5.76. The van der Waals surface area contributed by atoms with Crippen LogP contribution in [-0.4, -0.2) is 100 Å². The summed E-state index contributed by atoms with van der Waals surface area (Å²) in [7, 11) is 0. The molecule has 1 amide bonds. The molecular formula is C65H119NO10. The van der Waals surface area contributed by atoms with Gasteiger partial charge in [-0.3, -0.25) is 9.59 Å². The van der Waals surface area contributed by atoms with Crippen molar-refractivity contribution in [2.45, 2.75) is 333 Å². The molecule has 444 valence electrons. The van der Waals surface area contributed by atoms with Gasteiger partial charge in [-0.25, -0.2) is 0 Å². The van der Waals surface area contributed by atoms with Gasteiger partial charge in [-0.2, -0.15) is 0 Å². The molecule has 0 aliphatic carbocycles. The van der Waals surface area contributed by atoms with Gasteiger partial charge in [0.15, 0.2) is 6.29 Å². The van der Waals surface area contributed by atoms with Crippen LogP contribution in [0.2, 0.25) is 0 Å². The van der Waals surface area contributed by atoms with E-state index >= 15 is 0 Å². The molecule has 0 aromatic heterocycles. The largest absolute Gasteiger partial charge is 0.466 e. The molecule has 11 nitrogen and oxygen atoms in total. The van der Waals surface area contributed by atoms with Crippen molar-refractivity contribution in [3.8, 4) is 0 Å². The van der Waals surface area contributed by atoms with Crippen molar-refractivity contribution in [3.05, 3.63) is 48.6 Å². The summed E-state index contributed by atoms with van der Waals surface area (Å²) in [5, 5.41) is 54.2. The zero-order valence-electron chi connectivity index (χ0n) is 49.0. The summed E-state index contributed by atoms with van der Waals surface area (Å²) in [6.45, 7) is 4.27. The van der Waals surface area contributed by atoms with Crippen molar-refractivity contribution in [2.75, 3.05) is 19.8 Å². The standard InChI is InChI=1S/C65H119NO10/c1-3-5-7-9-11-13-14-15-30-33-37-41-45-49-53-61(70)74-54-50-46-42-38-34-31-28-26-24-22-20-18-16-17-19-21-23-25-27-29-32-36-40-44-48-52-60(69)66-57(58(68)51-47-43-39-35-12-10-8-6-4-2)56-75-65-64(73)63(72)62(71)59(55-67)76-65/h9,11,14-15,17,19,47,51,57-59,62-65,67-68,71-73H,3-8,10,12-13,16,18,20-46,48-50,52-56H2,1-2H3,(H,66,69)/b11-9-,15-14-,19-17-,51-47+. The van der Waals surface area contributed by atoms with Crippen molar-refractivity contribution in [1.82, 2.24) is 5.32 Å². The zero-order valence-corrected chi connectivity index (χ0v) is 49.0. The average molecular weight is 1070 g/mol. The van der Waals surface area contributed by atoms with Crippen molar-refractivity contribution < 1.29 is 49.3 Å². The molecule has 0 aromatic carbocycles. The van der Waals surface area contributed by atoms with E-state index in [0.29, 0.717) is 19.4 Å². The number of ether oxygens (including phenoxy) is 3. The van der Waals surface area contributed by atoms with E-state index in [1.54, 1.807) is 6.08 Å². The molecule has 7 atom stereocenters. The van der Waals surface area contributed by atoms with Gasteiger partial charge in [0.25, 0.3) is 0 Å². The Morgan fingerprint density at radius 2 is 0.895 bits per heavy atom. The van der Waals surface area contributed by atoms with Gasteiger partial charge in [0.05, 0.1) is 32.0 Å². The first-order chi connectivity index (χ1) is 37.2. The van der Waals surface area contributed by atoms with E-state index in [4.69, 9.17) is 14.2 Å². The van der Waals surface area contributed by atoms with Gasteiger partial charge in [-0.15, -0.1) is 0 Å². The number of aliphatic hydroxyl groups is 5. The second-order valence-corrected chi connectivity index (χ2v) is 22.1. The summed E-state index contributed by atoms with van der Waals surface area (Å²) in [4.78, 5) is 25.0. The highest BCUT2D eigenvalue weighted by Gasteiger charge is 2.44. The number of amides is 1. The molecule has 0 bridgehead atoms. The van der Waals surface area contributed by atoms with Crippen LogP contribution < -0.4 is 5.32 Å². The molecule has 11 heteroatoms. The molecule has 1 aliphatic rings. The lowest BCUT2D eigenvalue weighted by Gasteiger charge is -2.40. The predicted molar refractivity (Wildman–Crippen MR) is 315 cm³/mol. The number of hydrogen-bond donors (Lipinski definition) is 6. The molecule has 6 N–H and O–H groups in total. The molecule has 0 spiro atoms. The Labute approximate surface area is 466 Å². The number of carbonyl (C=O) groups excluding carboxylic acids is 2. The van der Waals surface area contributed by atoms with E-state index in [0.717, 1.165) is 64.2 Å². The minimum Gasteiger partial charge on any atom is -0.466 e. The monoisotopic (exact) mass is 1070 g/mol. The lowest BCUT2D eigenvalue weighted by atomic mass is 9.99. The third-order valence-corrected chi connectivity index (χ3v) is 14.9. The number of aliphatic hydroxyl groups excluding tert-OH is 5. The Kier molecular flexibility index (Phi) is 51.4. The van der Waals surface area contributed by atoms with Gasteiger partial charge in [0.1, 0.15) is 24.4 Å². The maximum atomic E-state index is 13.0. The fourth-order valence-electron chi connectivity index (χ4n) is 9.80. The van der Waals surface area contributed by atoms with Crippen LogP contribution in [0, 0.1) is 0 Å². The zero-order chi connectivity index (χ0) is 55.2. The van der Waals surface area contributed by atoms with Crippen molar-refractivity contribution in [2.24, 2.45) is 0 Å².